The molecule has 1 saturated heterocycles. The predicted molar refractivity (Wildman–Crippen MR) is 55.3 cm³/mol. The number of nitrogens with zero attached hydrogens (tertiary/aromatic N) is 1. The van der Waals surface area contributed by atoms with Crippen LogP contribution in [-0.4, -0.2) is 39.6 Å². The lowest BCUT2D eigenvalue weighted by atomic mass is 10.2. The average molecular weight is 219 g/mol. The monoisotopic (exact) mass is 219 g/mol. The first-order valence-corrected chi connectivity index (χ1v) is 6.24. The maximum Gasteiger partial charge on any atom is 0.289 e. The summed E-state index contributed by atoms with van der Waals surface area (Å²) < 4.78 is 26.5. The maximum absolute atomic E-state index is 10.9. The van der Waals surface area contributed by atoms with E-state index in [2.05, 4.69) is 18.5 Å². The number of hydrogen-bond donors (Lipinski definition) is 0. The molecule has 0 bridgehead atoms. The smallest absolute Gasteiger partial charge is 0.289 e. The molecular weight excluding hydrogens is 202 g/mol. The van der Waals surface area contributed by atoms with Crippen molar-refractivity contribution in [3.05, 3.63) is 12.0 Å². The SMILES string of the molecule is C=CS(=O)(=O)OCCC1CCCN1C. The molecule has 4 nitrogen and oxygen atoms in total. The summed E-state index contributed by atoms with van der Waals surface area (Å²) in [5.74, 6) is 0. The van der Waals surface area contributed by atoms with Crippen molar-refractivity contribution < 1.29 is 12.6 Å². The van der Waals surface area contributed by atoms with Crippen LogP contribution in [0.1, 0.15) is 19.3 Å². The summed E-state index contributed by atoms with van der Waals surface area (Å²) in [6.07, 6.45) is 3.09. The van der Waals surface area contributed by atoms with Crippen molar-refractivity contribution in [2.45, 2.75) is 25.3 Å². The lowest BCUT2D eigenvalue weighted by Crippen LogP contribution is -2.26. The Labute approximate surface area is 85.7 Å². The Morgan fingerprint density at radius 2 is 2.36 bits per heavy atom. The Hall–Kier alpha value is -0.390. The van der Waals surface area contributed by atoms with Gasteiger partial charge in [-0.05, 0) is 32.9 Å². The van der Waals surface area contributed by atoms with E-state index < -0.39 is 10.1 Å². The summed E-state index contributed by atoms with van der Waals surface area (Å²) in [4.78, 5) is 2.24. The lowest BCUT2D eigenvalue weighted by molar-refractivity contribution is 0.238. The molecule has 0 aromatic carbocycles. The molecule has 82 valence electrons. The summed E-state index contributed by atoms with van der Waals surface area (Å²) >= 11 is 0. The fourth-order valence-corrected chi connectivity index (χ4v) is 2.12. The average Bonchev–Trinajstić information content (AvgIpc) is 2.52. The van der Waals surface area contributed by atoms with Gasteiger partial charge in [0.05, 0.1) is 12.0 Å². The molecule has 0 aromatic heterocycles. The third-order valence-electron chi connectivity index (χ3n) is 2.57. The normalized spacial score (nSPS) is 23.9. The highest BCUT2D eigenvalue weighted by Gasteiger charge is 2.20. The predicted octanol–water partition coefficient (Wildman–Crippen LogP) is 0.961. The van der Waals surface area contributed by atoms with E-state index in [0.29, 0.717) is 6.04 Å². The molecule has 14 heavy (non-hydrogen) atoms. The summed E-state index contributed by atoms with van der Waals surface area (Å²) in [6.45, 7) is 4.52. The Kier molecular flexibility index (Phi) is 4.10. The Bertz CT molecular complexity index is 286. The van der Waals surface area contributed by atoms with Crippen LogP contribution in [0.25, 0.3) is 0 Å². The van der Waals surface area contributed by atoms with Crippen molar-refractivity contribution in [1.29, 1.82) is 0 Å². The standard InChI is InChI=1S/C9H17NO3S/c1-3-14(11,12)13-8-6-9-5-4-7-10(9)2/h3,9H,1,4-8H2,2H3. The van der Waals surface area contributed by atoms with Crippen molar-refractivity contribution in [2.75, 3.05) is 20.2 Å². The first kappa shape index (κ1) is 11.7. The minimum Gasteiger partial charge on any atom is -0.303 e. The van der Waals surface area contributed by atoms with Crippen molar-refractivity contribution in [3.8, 4) is 0 Å². The van der Waals surface area contributed by atoms with Crippen LogP contribution >= 0.6 is 0 Å². The molecule has 0 aromatic rings. The van der Waals surface area contributed by atoms with E-state index in [1.807, 2.05) is 0 Å². The minimum absolute atomic E-state index is 0.253. The van der Waals surface area contributed by atoms with Crippen LogP contribution in [0.15, 0.2) is 12.0 Å². The van der Waals surface area contributed by atoms with Gasteiger partial charge in [-0.15, -0.1) is 0 Å². The van der Waals surface area contributed by atoms with Crippen LogP contribution in [-0.2, 0) is 14.3 Å². The molecule has 1 aliphatic heterocycles. The lowest BCUT2D eigenvalue weighted by Gasteiger charge is -2.18. The molecule has 5 heteroatoms. The van der Waals surface area contributed by atoms with E-state index in [0.717, 1.165) is 24.8 Å². The largest absolute Gasteiger partial charge is 0.303 e. The number of likely N-dealkylation sites (tertiary alicyclic amines) is 1. The van der Waals surface area contributed by atoms with Gasteiger partial charge in [-0.2, -0.15) is 8.42 Å². The molecule has 1 rings (SSSR count). The van der Waals surface area contributed by atoms with Gasteiger partial charge in [-0.25, -0.2) is 0 Å². The molecule has 1 atom stereocenters. The molecule has 0 spiro atoms. The van der Waals surface area contributed by atoms with Crippen molar-refractivity contribution in [2.24, 2.45) is 0 Å². The third-order valence-corrected chi connectivity index (χ3v) is 3.48. The van der Waals surface area contributed by atoms with Crippen LogP contribution in [0, 0.1) is 0 Å². The van der Waals surface area contributed by atoms with E-state index in [1.54, 1.807) is 0 Å². The zero-order valence-electron chi connectivity index (χ0n) is 8.48. The van der Waals surface area contributed by atoms with E-state index >= 15 is 0 Å². The van der Waals surface area contributed by atoms with Crippen molar-refractivity contribution >= 4 is 10.1 Å². The summed E-state index contributed by atoms with van der Waals surface area (Å²) in [5, 5.41) is 0.839. The van der Waals surface area contributed by atoms with Crippen LogP contribution in [0.4, 0.5) is 0 Å². The van der Waals surface area contributed by atoms with Crippen LogP contribution in [0.2, 0.25) is 0 Å². The van der Waals surface area contributed by atoms with Crippen LogP contribution in [0.5, 0.6) is 0 Å². The highest BCUT2D eigenvalue weighted by atomic mass is 32.2. The molecule has 1 fully saturated rings. The second-order valence-electron chi connectivity index (χ2n) is 3.55. The minimum atomic E-state index is -3.48. The second-order valence-corrected chi connectivity index (χ2v) is 5.10. The van der Waals surface area contributed by atoms with Gasteiger partial charge in [-0.1, -0.05) is 6.58 Å². The molecule has 0 aliphatic carbocycles. The Balaban J connectivity index is 2.24. The molecule has 0 N–H and O–H groups in total. The van der Waals surface area contributed by atoms with E-state index in [9.17, 15) is 8.42 Å². The summed E-state index contributed by atoms with van der Waals surface area (Å²) in [6, 6.07) is 0.468. The summed E-state index contributed by atoms with van der Waals surface area (Å²) in [7, 11) is -1.43. The molecule has 0 radical (unpaired) electrons. The van der Waals surface area contributed by atoms with Gasteiger partial charge in [0.1, 0.15) is 0 Å². The van der Waals surface area contributed by atoms with Gasteiger partial charge < -0.3 is 4.90 Å². The number of hydrogen-bond acceptors (Lipinski definition) is 4. The zero-order valence-corrected chi connectivity index (χ0v) is 9.29. The Morgan fingerprint density at radius 3 is 2.86 bits per heavy atom. The summed E-state index contributed by atoms with van der Waals surface area (Å²) in [5.41, 5.74) is 0. The molecule has 1 heterocycles. The first-order valence-electron chi connectivity index (χ1n) is 4.77. The molecule has 0 saturated carbocycles. The maximum atomic E-state index is 10.9. The Morgan fingerprint density at radius 1 is 1.64 bits per heavy atom. The van der Waals surface area contributed by atoms with E-state index in [4.69, 9.17) is 4.18 Å². The number of rotatable bonds is 5. The van der Waals surface area contributed by atoms with Gasteiger partial charge in [0.15, 0.2) is 0 Å². The second kappa shape index (κ2) is 4.91. The first-order chi connectivity index (χ1) is 6.55. The highest BCUT2D eigenvalue weighted by Crippen LogP contribution is 2.17. The highest BCUT2D eigenvalue weighted by molar-refractivity contribution is 7.89. The van der Waals surface area contributed by atoms with Gasteiger partial charge >= 0.3 is 0 Å². The van der Waals surface area contributed by atoms with Crippen molar-refractivity contribution in [3.63, 3.8) is 0 Å². The molecule has 0 amide bonds. The van der Waals surface area contributed by atoms with Gasteiger partial charge in [0.2, 0.25) is 0 Å². The third kappa shape index (κ3) is 3.40. The topological polar surface area (TPSA) is 46.6 Å². The van der Waals surface area contributed by atoms with Crippen molar-refractivity contribution in [1.82, 2.24) is 4.90 Å². The van der Waals surface area contributed by atoms with Gasteiger partial charge in [0.25, 0.3) is 10.1 Å². The zero-order chi connectivity index (χ0) is 10.6. The molecule has 1 unspecified atom stereocenters. The van der Waals surface area contributed by atoms with E-state index in [-0.39, 0.29) is 6.61 Å². The quantitative estimate of drug-likeness (QED) is 0.646. The molecular formula is C9H17NO3S. The van der Waals surface area contributed by atoms with Gasteiger partial charge in [0, 0.05) is 6.04 Å². The van der Waals surface area contributed by atoms with E-state index in [1.165, 1.54) is 6.42 Å². The van der Waals surface area contributed by atoms with Gasteiger partial charge in [-0.3, -0.25) is 4.18 Å². The fourth-order valence-electron chi connectivity index (χ4n) is 1.69. The molecule has 1 aliphatic rings. The van der Waals surface area contributed by atoms with Crippen LogP contribution < -0.4 is 0 Å². The van der Waals surface area contributed by atoms with Crippen LogP contribution in [0.3, 0.4) is 0 Å². The fraction of sp³-hybridized carbons (Fsp3) is 0.778.